The highest BCUT2D eigenvalue weighted by Crippen LogP contribution is 2.55. The van der Waals surface area contributed by atoms with Gasteiger partial charge in [0, 0.05) is 43.7 Å². The van der Waals surface area contributed by atoms with E-state index in [4.69, 9.17) is 20.9 Å². The third-order valence-corrected chi connectivity index (χ3v) is 11.2. The van der Waals surface area contributed by atoms with Crippen LogP contribution in [0.3, 0.4) is 0 Å². The molecule has 226 valence electrons. The standard InChI is InChI=1S/C29H38FN7O4S/c1-28(23-14-21(8-10-24(23)30)35-26(38)25-11-9-22(41-4)18-34-25)29(42(39,40)37(3)27(32)36-28)12-6-5-7-19(15-29)13-20(16-31)17-33-2/h8-11,14,16-20,31H,5-7,12-13,15H2,1-4H3,(H2,32,36)(H,35,38). The normalized spacial score (nSPS) is 26.4. The van der Waals surface area contributed by atoms with E-state index < -0.39 is 32.0 Å². The minimum atomic E-state index is -4.13. The van der Waals surface area contributed by atoms with Gasteiger partial charge in [0.2, 0.25) is 16.0 Å². The molecule has 2 aromatic rings. The van der Waals surface area contributed by atoms with Gasteiger partial charge in [-0.3, -0.25) is 4.79 Å². The molecular formula is C29H38FN7O4S. The second kappa shape index (κ2) is 12.2. The summed E-state index contributed by atoms with van der Waals surface area (Å²) in [6, 6.07) is 7.13. The molecule has 0 radical (unpaired) electrons. The molecule has 13 heteroatoms. The van der Waals surface area contributed by atoms with E-state index in [0.717, 1.165) is 17.1 Å². The number of halogens is 1. The number of sulfonamides is 1. The Labute approximate surface area is 246 Å². The van der Waals surface area contributed by atoms with Crippen LogP contribution >= 0.6 is 0 Å². The number of benzene rings is 1. The number of rotatable bonds is 8. The number of ether oxygens (including phenoxy) is 1. The van der Waals surface area contributed by atoms with Crippen molar-refractivity contribution in [1.29, 1.82) is 5.41 Å². The lowest BCUT2D eigenvalue weighted by atomic mass is 9.72. The average Bonchev–Trinajstić information content (AvgIpc) is 3.20. The smallest absolute Gasteiger partial charge is 0.274 e. The van der Waals surface area contributed by atoms with Gasteiger partial charge < -0.3 is 26.2 Å². The van der Waals surface area contributed by atoms with Crippen molar-refractivity contribution >= 4 is 40.0 Å². The Morgan fingerprint density at radius 3 is 2.76 bits per heavy atom. The minimum Gasteiger partial charge on any atom is -0.495 e. The first kappa shape index (κ1) is 31.1. The Morgan fingerprint density at radius 2 is 2.12 bits per heavy atom. The van der Waals surface area contributed by atoms with E-state index >= 15 is 4.39 Å². The summed E-state index contributed by atoms with van der Waals surface area (Å²) in [6.07, 6.45) is 7.50. The number of aliphatic imine (C=N–C) groups is 2. The van der Waals surface area contributed by atoms with Gasteiger partial charge in [0.25, 0.3) is 5.91 Å². The number of nitrogens with one attached hydrogen (secondary N) is 2. The Bertz CT molecular complexity index is 1500. The number of hydrogen-bond donors (Lipinski definition) is 3. The first-order valence-corrected chi connectivity index (χ1v) is 15.2. The number of nitrogens with two attached hydrogens (primary N) is 1. The van der Waals surface area contributed by atoms with Gasteiger partial charge in [0.15, 0.2) is 0 Å². The molecule has 1 aromatic heterocycles. The molecule has 0 bridgehead atoms. The SMILES string of the molecule is CN=CC(C=N)CC1CCCCC2(C1)C(C)(c1cc(NC(=O)c3ccc(OC)cn3)ccc1F)N=C(N)N(C)S2(=O)=O. The molecule has 1 aliphatic carbocycles. The molecule has 2 heterocycles. The largest absolute Gasteiger partial charge is 0.495 e. The Morgan fingerprint density at radius 1 is 1.36 bits per heavy atom. The van der Waals surface area contributed by atoms with Gasteiger partial charge in [-0.2, -0.15) is 0 Å². The predicted octanol–water partition coefficient (Wildman–Crippen LogP) is 3.96. The van der Waals surface area contributed by atoms with Gasteiger partial charge in [-0.05, 0) is 62.4 Å². The fourth-order valence-electron chi connectivity index (χ4n) is 6.29. The van der Waals surface area contributed by atoms with E-state index in [9.17, 15) is 13.2 Å². The number of nitrogens with zero attached hydrogens (tertiary/aromatic N) is 4. The highest BCUT2D eigenvalue weighted by atomic mass is 32.2. The maximum absolute atomic E-state index is 15.8. The van der Waals surface area contributed by atoms with Gasteiger partial charge in [0.05, 0.1) is 13.3 Å². The predicted molar refractivity (Wildman–Crippen MR) is 161 cm³/mol. The maximum Gasteiger partial charge on any atom is 0.274 e. The lowest BCUT2D eigenvalue weighted by Gasteiger charge is -2.51. The number of carbonyl (C=O) groups excluding carboxylic acids is 1. The Hall–Kier alpha value is -3.87. The van der Waals surface area contributed by atoms with Crippen LogP contribution in [0.25, 0.3) is 0 Å². The average molecular weight is 600 g/mol. The first-order chi connectivity index (χ1) is 19.9. The fourth-order valence-corrected chi connectivity index (χ4v) is 8.61. The highest BCUT2D eigenvalue weighted by Gasteiger charge is 2.64. The monoisotopic (exact) mass is 599 g/mol. The molecule has 4 N–H and O–H groups in total. The van der Waals surface area contributed by atoms with Gasteiger partial charge in [-0.15, -0.1) is 0 Å². The maximum atomic E-state index is 15.8. The van der Waals surface area contributed by atoms with Crippen molar-refractivity contribution in [2.75, 3.05) is 26.5 Å². The summed E-state index contributed by atoms with van der Waals surface area (Å²) in [7, 11) is 0.366. The van der Waals surface area contributed by atoms with E-state index in [-0.39, 0.29) is 47.6 Å². The van der Waals surface area contributed by atoms with Crippen LogP contribution in [0.4, 0.5) is 10.1 Å². The number of pyridine rings is 1. The number of guanidine groups is 1. The van der Waals surface area contributed by atoms with Crippen molar-refractivity contribution in [3.63, 3.8) is 0 Å². The van der Waals surface area contributed by atoms with E-state index in [1.165, 1.54) is 50.8 Å². The van der Waals surface area contributed by atoms with Gasteiger partial charge in [-0.1, -0.05) is 19.3 Å². The van der Waals surface area contributed by atoms with Gasteiger partial charge in [-0.25, -0.2) is 27.1 Å². The van der Waals surface area contributed by atoms with E-state index in [0.29, 0.717) is 18.6 Å². The molecule has 4 atom stereocenters. The van der Waals surface area contributed by atoms with Crippen molar-refractivity contribution in [2.45, 2.75) is 55.7 Å². The lowest BCUT2D eigenvalue weighted by molar-refractivity contribution is 0.102. The number of carbonyl (C=O) groups is 1. The highest BCUT2D eigenvalue weighted by molar-refractivity contribution is 7.91. The number of hydrogen-bond acceptors (Lipinski definition) is 9. The third-order valence-electron chi connectivity index (χ3n) is 8.58. The summed E-state index contributed by atoms with van der Waals surface area (Å²) in [5.41, 5.74) is 4.95. The van der Waals surface area contributed by atoms with Gasteiger partial charge >= 0.3 is 0 Å². The van der Waals surface area contributed by atoms with Crippen LogP contribution in [0.2, 0.25) is 0 Å². The molecule has 1 aromatic carbocycles. The molecule has 1 amide bonds. The summed E-state index contributed by atoms with van der Waals surface area (Å²) in [5.74, 6) is -1.29. The lowest BCUT2D eigenvalue weighted by Crippen LogP contribution is -2.65. The van der Waals surface area contributed by atoms with Crippen LogP contribution in [0.1, 0.15) is 61.5 Å². The summed E-state index contributed by atoms with van der Waals surface area (Å²) in [5, 5.41) is 10.6. The molecule has 1 fully saturated rings. The molecule has 1 spiro atoms. The zero-order valence-electron chi connectivity index (χ0n) is 24.3. The quantitative estimate of drug-likeness (QED) is 0.389. The van der Waals surface area contributed by atoms with E-state index in [1.807, 2.05) is 0 Å². The summed E-state index contributed by atoms with van der Waals surface area (Å²) in [4.78, 5) is 25.8. The molecule has 4 rings (SSSR count). The summed E-state index contributed by atoms with van der Waals surface area (Å²) < 4.78 is 49.1. The zero-order valence-corrected chi connectivity index (χ0v) is 25.1. The van der Waals surface area contributed by atoms with Crippen LogP contribution in [0.5, 0.6) is 5.75 Å². The zero-order chi connectivity index (χ0) is 30.7. The minimum absolute atomic E-state index is 0.0157. The third kappa shape index (κ3) is 5.49. The topological polar surface area (TPSA) is 163 Å². The molecule has 4 unspecified atom stereocenters. The fraction of sp³-hybridized carbons (Fsp3) is 0.483. The molecule has 42 heavy (non-hydrogen) atoms. The van der Waals surface area contributed by atoms with Crippen LogP contribution in [0, 0.1) is 23.1 Å². The van der Waals surface area contributed by atoms with Crippen LogP contribution in [0.15, 0.2) is 46.5 Å². The van der Waals surface area contributed by atoms with Crippen molar-refractivity contribution in [3.8, 4) is 5.75 Å². The first-order valence-electron chi connectivity index (χ1n) is 13.8. The summed E-state index contributed by atoms with van der Waals surface area (Å²) >= 11 is 0. The molecule has 1 aliphatic heterocycles. The molecule has 1 saturated carbocycles. The summed E-state index contributed by atoms with van der Waals surface area (Å²) in [6.45, 7) is 1.61. The number of amides is 1. The Kier molecular flexibility index (Phi) is 9.00. The molecule has 11 nitrogen and oxygen atoms in total. The van der Waals surface area contributed by atoms with E-state index in [2.05, 4.69) is 15.3 Å². The molecule has 2 aliphatic rings. The van der Waals surface area contributed by atoms with Crippen LogP contribution in [-0.2, 0) is 15.6 Å². The van der Waals surface area contributed by atoms with Crippen LogP contribution in [-0.4, -0.2) is 68.0 Å². The number of aromatic nitrogens is 1. The Balaban J connectivity index is 1.81. The number of methoxy groups -OCH3 is 1. The number of anilines is 1. The van der Waals surface area contributed by atoms with Crippen molar-refractivity contribution in [1.82, 2.24) is 9.29 Å². The van der Waals surface area contributed by atoms with Gasteiger partial charge in [0.1, 0.15) is 27.5 Å². The van der Waals surface area contributed by atoms with Crippen molar-refractivity contribution in [2.24, 2.45) is 27.6 Å². The van der Waals surface area contributed by atoms with Crippen LogP contribution < -0.4 is 15.8 Å². The molecular weight excluding hydrogens is 561 g/mol. The molecule has 0 saturated heterocycles. The van der Waals surface area contributed by atoms with Crippen molar-refractivity contribution in [3.05, 3.63) is 53.6 Å². The van der Waals surface area contributed by atoms with E-state index in [1.54, 1.807) is 26.3 Å². The second-order valence-corrected chi connectivity index (χ2v) is 13.3. The second-order valence-electron chi connectivity index (χ2n) is 11.0. The van der Waals surface area contributed by atoms with Crippen molar-refractivity contribution < 1.29 is 22.3 Å².